The highest BCUT2D eigenvalue weighted by Crippen LogP contribution is 2.31. The van der Waals surface area contributed by atoms with Gasteiger partial charge in [0.1, 0.15) is 0 Å². The van der Waals surface area contributed by atoms with Gasteiger partial charge in [-0.15, -0.1) is 0 Å². The molecule has 0 heterocycles. The highest BCUT2D eigenvalue weighted by atomic mass is 31.2. The van der Waals surface area contributed by atoms with E-state index in [0.29, 0.717) is 0 Å². The van der Waals surface area contributed by atoms with Crippen LogP contribution in [0.15, 0.2) is 0 Å². The standard InChI is InChI=1S/C4H11N2O3P/c1-3-9-10(5,8)6-4(2)7/h3H2,1-2H3,(H3,5,6,7,8). The molecule has 0 saturated carbocycles. The summed E-state index contributed by atoms with van der Waals surface area (Å²) in [5, 5.41) is 1.99. The van der Waals surface area contributed by atoms with Gasteiger partial charge < -0.3 is 4.52 Å². The van der Waals surface area contributed by atoms with E-state index in [9.17, 15) is 9.36 Å². The van der Waals surface area contributed by atoms with E-state index in [4.69, 9.17) is 5.50 Å². The summed E-state index contributed by atoms with van der Waals surface area (Å²) in [7, 11) is -3.35. The van der Waals surface area contributed by atoms with Gasteiger partial charge in [0.25, 0.3) is 0 Å². The lowest BCUT2D eigenvalue weighted by molar-refractivity contribution is -0.117. The van der Waals surface area contributed by atoms with Crippen molar-refractivity contribution in [1.29, 1.82) is 0 Å². The zero-order valence-electron chi connectivity index (χ0n) is 5.96. The Morgan fingerprint density at radius 1 is 1.80 bits per heavy atom. The van der Waals surface area contributed by atoms with Gasteiger partial charge in [-0.2, -0.15) is 0 Å². The summed E-state index contributed by atoms with van der Waals surface area (Å²) in [6, 6.07) is 0. The Labute approximate surface area is 59.5 Å². The van der Waals surface area contributed by atoms with E-state index < -0.39 is 13.6 Å². The Balaban J connectivity index is 3.87. The average molecular weight is 166 g/mol. The summed E-state index contributed by atoms with van der Waals surface area (Å²) in [6.07, 6.45) is 0. The predicted octanol–water partition coefficient (Wildman–Crippen LogP) is 0.226. The van der Waals surface area contributed by atoms with Crippen molar-refractivity contribution in [2.75, 3.05) is 6.61 Å². The van der Waals surface area contributed by atoms with Crippen molar-refractivity contribution in [2.24, 2.45) is 5.50 Å². The fourth-order valence-corrected chi connectivity index (χ4v) is 1.33. The quantitative estimate of drug-likeness (QED) is 0.588. The van der Waals surface area contributed by atoms with Crippen molar-refractivity contribution in [1.82, 2.24) is 5.09 Å². The lowest BCUT2D eigenvalue weighted by atomic mass is 10.8. The Kier molecular flexibility index (Phi) is 3.57. The van der Waals surface area contributed by atoms with E-state index in [1.807, 2.05) is 5.09 Å². The van der Waals surface area contributed by atoms with Gasteiger partial charge in [-0.25, -0.2) is 10.1 Å². The van der Waals surface area contributed by atoms with E-state index in [2.05, 4.69) is 4.52 Å². The van der Waals surface area contributed by atoms with Crippen molar-refractivity contribution < 1.29 is 13.9 Å². The molecule has 0 spiro atoms. The van der Waals surface area contributed by atoms with Crippen molar-refractivity contribution in [2.45, 2.75) is 13.8 Å². The van der Waals surface area contributed by atoms with Gasteiger partial charge in [-0.1, -0.05) is 0 Å². The molecule has 0 aromatic carbocycles. The summed E-state index contributed by atoms with van der Waals surface area (Å²) in [4.78, 5) is 10.3. The molecule has 60 valence electrons. The number of carbonyl (C=O) groups excluding carboxylic acids is 1. The van der Waals surface area contributed by atoms with Gasteiger partial charge in [0, 0.05) is 6.92 Å². The fraction of sp³-hybridized carbons (Fsp3) is 0.750. The van der Waals surface area contributed by atoms with Crippen molar-refractivity contribution in [3.05, 3.63) is 0 Å². The lowest BCUT2D eigenvalue weighted by Gasteiger charge is -2.10. The summed E-state index contributed by atoms with van der Waals surface area (Å²) in [6.45, 7) is 3.08. The molecule has 0 aliphatic carbocycles. The van der Waals surface area contributed by atoms with Crippen LogP contribution in [0.1, 0.15) is 13.8 Å². The van der Waals surface area contributed by atoms with E-state index in [-0.39, 0.29) is 6.61 Å². The van der Waals surface area contributed by atoms with E-state index >= 15 is 0 Å². The number of amides is 1. The molecule has 0 bridgehead atoms. The normalized spacial score (nSPS) is 15.9. The molecule has 0 aliphatic rings. The van der Waals surface area contributed by atoms with E-state index in [1.54, 1.807) is 6.92 Å². The van der Waals surface area contributed by atoms with Crippen molar-refractivity contribution >= 4 is 13.6 Å². The molecule has 3 N–H and O–H groups in total. The minimum absolute atomic E-state index is 0.216. The molecule has 0 fully saturated rings. The molecular weight excluding hydrogens is 155 g/mol. The Hall–Kier alpha value is -0.380. The number of hydrogen-bond acceptors (Lipinski definition) is 3. The van der Waals surface area contributed by atoms with Gasteiger partial charge in [0.05, 0.1) is 6.61 Å². The summed E-state index contributed by atoms with van der Waals surface area (Å²) < 4.78 is 15.4. The Bertz CT molecular complexity index is 170. The molecule has 1 atom stereocenters. The van der Waals surface area contributed by atoms with E-state index in [0.717, 1.165) is 0 Å². The van der Waals surface area contributed by atoms with E-state index in [1.165, 1.54) is 6.92 Å². The summed E-state index contributed by atoms with van der Waals surface area (Å²) >= 11 is 0. The maximum atomic E-state index is 10.8. The SMILES string of the molecule is CCOP(N)(=O)NC(C)=O. The number of carbonyl (C=O) groups is 1. The second-order valence-corrected chi connectivity index (χ2v) is 3.36. The first-order valence-corrected chi connectivity index (χ1v) is 4.49. The van der Waals surface area contributed by atoms with Crippen LogP contribution in [0, 0.1) is 0 Å². The number of nitrogens with two attached hydrogens (primary N) is 1. The molecule has 0 aromatic rings. The van der Waals surface area contributed by atoms with Gasteiger partial charge in [-0.3, -0.25) is 9.88 Å². The second-order valence-electron chi connectivity index (χ2n) is 1.68. The third-order valence-corrected chi connectivity index (χ3v) is 1.90. The molecule has 1 amide bonds. The van der Waals surface area contributed by atoms with Crippen LogP contribution in [-0.2, 0) is 13.9 Å². The third-order valence-electron chi connectivity index (χ3n) is 0.634. The van der Waals surface area contributed by atoms with Crippen LogP contribution in [0.3, 0.4) is 0 Å². The maximum Gasteiger partial charge on any atom is 0.365 e. The first-order valence-electron chi connectivity index (χ1n) is 2.80. The van der Waals surface area contributed by atoms with Crippen LogP contribution < -0.4 is 10.6 Å². The van der Waals surface area contributed by atoms with Crippen LogP contribution in [0.2, 0.25) is 0 Å². The molecular formula is C4H11N2O3P. The second kappa shape index (κ2) is 3.71. The van der Waals surface area contributed by atoms with Gasteiger partial charge in [0.2, 0.25) is 5.91 Å². The molecule has 6 heteroatoms. The minimum Gasteiger partial charge on any atom is -0.302 e. The third kappa shape index (κ3) is 4.49. The van der Waals surface area contributed by atoms with Crippen LogP contribution in [0.4, 0.5) is 0 Å². The smallest absolute Gasteiger partial charge is 0.302 e. The zero-order valence-corrected chi connectivity index (χ0v) is 6.85. The van der Waals surface area contributed by atoms with Crippen molar-refractivity contribution in [3.63, 3.8) is 0 Å². The Morgan fingerprint density at radius 2 is 2.30 bits per heavy atom. The molecule has 0 radical (unpaired) electrons. The van der Waals surface area contributed by atoms with Crippen LogP contribution in [0.25, 0.3) is 0 Å². The van der Waals surface area contributed by atoms with Gasteiger partial charge in [0.15, 0.2) is 0 Å². The first kappa shape index (κ1) is 9.62. The number of nitrogens with one attached hydrogen (secondary N) is 1. The highest BCUT2D eigenvalue weighted by Gasteiger charge is 2.15. The largest absolute Gasteiger partial charge is 0.365 e. The zero-order chi connectivity index (χ0) is 8.20. The maximum absolute atomic E-state index is 10.8. The summed E-state index contributed by atoms with van der Waals surface area (Å²) in [5.41, 5.74) is 5.03. The number of rotatable bonds is 3. The van der Waals surface area contributed by atoms with Crippen LogP contribution in [0.5, 0.6) is 0 Å². The monoisotopic (exact) mass is 166 g/mol. The molecule has 5 nitrogen and oxygen atoms in total. The molecule has 0 rings (SSSR count). The highest BCUT2D eigenvalue weighted by molar-refractivity contribution is 7.55. The summed E-state index contributed by atoms with van der Waals surface area (Å²) in [5.74, 6) is -0.459. The first-order chi connectivity index (χ1) is 4.48. The molecule has 1 unspecified atom stereocenters. The van der Waals surface area contributed by atoms with Crippen LogP contribution in [-0.4, -0.2) is 12.5 Å². The van der Waals surface area contributed by atoms with Gasteiger partial charge in [-0.05, 0) is 6.92 Å². The minimum atomic E-state index is -3.35. The molecule has 0 aliphatic heterocycles. The molecule has 0 saturated heterocycles. The Morgan fingerprint density at radius 3 is 2.60 bits per heavy atom. The molecule has 0 aromatic heterocycles. The van der Waals surface area contributed by atoms with Gasteiger partial charge >= 0.3 is 7.67 Å². The van der Waals surface area contributed by atoms with Crippen molar-refractivity contribution in [3.8, 4) is 0 Å². The lowest BCUT2D eigenvalue weighted by Crippen LogP contribution is -2.22. The number of hydrogen-bond donors (Lipinski definition) is 2. The fourth-order valence-electron chi connectivity index (χ4n) is 0.444. The van der Waals surface area contributed by atoms with Crippen LogP contribution >= 0.6 is 7.67 Å². The predicted molar refractivity (Wildman–Crippen MR) is 37.2 cm³/mol. The molecule has 10 heavy (non-hydrogen) atoms. The average Bonchev–Trinajstić information content (AvgIpc) is 1.59. The topological polar surface area (TPSA) is 81.4 Å².